The van der Waals surface area contributed by atoms with Gasteiger partial charge in [-0.2, -0.15) is 0 Å². The van der Waals surface area contributed by atoms with Gasteiger partial charge < -0.3 is 5.32 Å². The van der Waals surface area contributed by atoms with Crippen molar-refractivity contribution >= 4 is 0 Å². The number of aryl methyl sites for hydroxylation is 1. The Kier molecular flexibility index (Phi) is 3.37. The van der Waals surface area contributed by atoms with Gasteiger partial charge in [0.2, 0.25) is 0 Å². The highest BCUT2D eigenvalue weighted by Gasteiger charge is 2.31. The monoisotopic (exact) mass is 245 g/mol. The van der Waals surface area contributed by atoms with Crippen LogP contribution in [0.3, 0.4) is 0 Å². The molecule has 2 aliphatic rings. The van der Waals surface area contributed by atoms with Gasteiger partial charge in [-0.1, -0.05) is 25.1 Å². The number of piperazine rings is 1. The largest absolute Gasteiger partial charge is 0.313 e. The van der Waals surface area contributed by atoms with Crippen LogP contribution in [0.15, 0.2) is 18.2 Å². The van der Waals surface area contributed by atoms with Crippen LogP contribution in [0.25, 0.3) is 0 Å². The van der Waals surface area contributed by atoms with E-state index in [1.165, 1.54) is 17.7 Å². The van der Waals surface area contributed by atoms with Crippen LogP contribution >= 0.6 is 0 Å². The van der Waals surface area contributed by atoms with Crippen molar-refractivity contribution in [2.24, 2.45) is 0 Å². The van der Waals surface area contributed by atoms with Crippen molar-refractivity contribution in [2.45, 2.75) is 33.1 Å². The van der Waals surface area contributed by atoms with Gasteiger partial charge in [0.1, 0.15) is 0 Å². The molecule has 2 aliphatic heterocycles. The molecule has 0 bridgehead atoms. The molecule has 98 valence electrons. The Labute approximate surface area is 110 Å². The maximum absolute atomic E-state index is 3.53. The van der Waals surface area contributed by atoms with Gasteiger partial charge in [0, 0.05) is 32.7 Å². The lowest BCUT2D eigenvalue weighted by Crippen LogP contribution is -2.57. The molecule has 3 rings (SSSR count). The second-order valence-electron chi connectivity index (χ2n) is 5.43. The highest BCUT2D eigenvalue weighted by Crippen LogP contribution is 2.28. The SMILES string of the molecule is CCN1CCNCC1N1Cc2cccc(C)c2C1. The summed E-state index contributed by atoms with van der Waals surface area (Å²) >= 11 is 0. The van der Waals surface area contributed by atoms with Gasteiger partial charge in [-0.15, -0.1) is 0 Å². The molecular formula is C15H23N3. The number of rotatable bonds is 2. The van der Waals surface area contributed by atoms with E-state index in [1.54, 1.807) is 5.56 Å². The summed E-state index contributed by atoms with van der Waals surface area (Å²) in [4.78, 5) is 5.21. The average molecular weight is 245 g/mol. The molecule has 18 heavy (non-hydrogen) atoms. The molecule has 0 aromatic heterocycles. The zero-order chi connectivity index (χ0) is 12.5. The Morgan fingerprint density at radius 1 is 1.33 bits per heavy atom. The van der Waals surface area contributed by atoms with Crippen molar-refractivity contribution in [2.75, 3.05) is 26.2 Å². The normalized spacial score (nSPS) is 25.3. The molecule has 0 spiro atoms. The molecule has 0 saturated carbocycles. The zero-order valence-electron chi connectivity index (χ0n) is 11.4. The first-order chi connectivity index (χ1) is 8.79. The molecule has 0 amide bonds. The fourth-order valence-electron chi connectivity index (χ4n) is 3.29. The van der Waals surface area contributed by atoms with Crippen LogP contribution in [0, 0.1) is 6.92 Å². The number of hydrogen-bond donors (Lipinski definition) is 1. The van der Waals surface area contributed by atoms with E-state index in [2.05, 4.69) is 47.2 Å². The second-order valence-corrected chi connectivity index (χ2v) is 5.43. The molecule has 1 unspecified atom stereocenters. The smallest absolute Gasteiger partial charge is 0.0757 e. The van der Waals surface area contributed by atoms with Crippen molar-refractivity contribution in [3.63, 3.8) is 0 Å². The lowest BCUT2D eigenvalue weighted by Gasteiger charge is -2.40. The number of benzene rings is 1. The molecule has 1 aromatic carbocycles. The zero-order valence-corrected chi connectivity index (χ0v) is 11.4. The molecule has 1 fully saturated rings. The van der Waals surface area contributed by atoms with Crippen LogP contribution in [0.2, 0.25) is 0 Å². The molecule has 1 aromatic rings. The Morgan fingerprint density at radius 2 is 2.22 bits per heavy atom. The number of nitrogens with one attached hydrogen (secondary N) is 1. The topological polar surface area (TPSA) is 18.5 Å². The second kappa shape index (κ2) is 5.00. The van der Waals surface area contributed by atoms with Gasteiger partial charge in [-0.05, 0) is 30.2 Å². The Hall–Kier alpha value is -0.900. The van der Waals surface area contributed by atoms with Crippen LogP contribution in [0.5, 0.6) is 0 Å². The van der Waals surface area contributed by atoms with E-state index in [1.807, 2.05) is 0 Å². The van der Waals surface area contributed by atoms with Gasteiger partial charge in [-0.3, -0.25) is 9.80 Å². The summed E-state index contributed by atoms with van der Waals surface area (Å²) in [7, 11) is 0. The first kappa shape index (κ1) is 12.2. The van der Waals surface area contributed by atoms with Crippen molar-refractivity contribution in [1.82, 2.24) is 15.1 Å². The standard InChI is InChI=1S/C15H23N3/c1-3-17-8-7-16-9-15(17)18-10-13-6-4-5-12(2)14(13)11-18/h4-6,15-16H,3,7-11H2,1-2H3. The van der Waals surface area contributed by atoms with Crippen LogP contribution in [0.1, 0.15) is 23.6 Å². The third-order valence-corrected chi connectivity index (χ3v) is 4.39. The van der Waals surface area contributed by atoms with E-state index >= 15 is 0 Å². The number of hydrogen-bond acceptors (Lipinski definition) is 3. The quantitative estimate of drug-likeness (QED) is 0.853. The van der Waals surface area contributed by atoms with E-state index in [9.17, 15) is 0 Å². The summed E-state index contributed by atoms with van der Waals surface area (Å²) in [6.07, 6.45) is 0.565. The lowest BCUT2D eigenvalue weighted by molar-refractivity contribution is 0.0248. The van der Waals surface area contributed by atoms with E-state index < -0.39 is 0 Å². The summed E-state index contributed by atoms with van der Waals surface area (Å²) in [5, 5.41) is 3.53. The fraction of sp³-hybridized carbons (Fsp3) is 0.600. The van der Waals surface area contributed by atoms with Gasteiger partial charge in [0.05, 0.1) is 6.17 Å². The number of fused-ring (bicyclic) bond motifs is 1. The maximum atomic E-state index is 3.53. The summed E-state index contributed by atoms with van der Waals surface area (Å²) in [6, 6.07) is 6.71. The van der Waals surface area contributed by atoms with Gasteiger partial charge in [-0.25, -0.2) is 0 Å². The van der Waals surface area contributed by atoms with Crippen molar-refractivity contribution in [3.05, 3.63) is 34.9 Å². The van der Waals surface area contributed by atoms with E-state index in [0.29, 0.717) is 6.17 Å². The van der Waals surface area contributed by atoms with Crippen molar-refractivity contribution in [1.29, 1.82) is 0 Å². The summed E-state index contributed by atoms with van der Waals surface area (Å²) < 4.78 is 0. The van der Waals surface area contributed by atoms with Gasteiger partial charge in [0.15, 0.2) is 0 Å². The van der Waals surface area contributed by atoms with Crippen LogP contribution < -0.4 is 5.32 Å². The summed E-state index contributed by atoms with van der Waals surface area (Å²) in [5.74, 6) is 0. The molecule has 0 aliphatic carbocycles. The minimum atomic E-state index is 0.565. The van der Waals surface area contributed by atoms with Crippen molar-refractivity contribution < 1.29 is 0 Å². The minimum Gasteiger partial charge on any atom is -0.313 e. The predicted molar refractivity (Wildman–Crippen MR) is 74.3 cm³/mol. The van der Waals surface area contributed by atoms with E-state index in [0.717, 1.165) is 32.7 Å². The molecule has 1 N–H and O–H groups in total. The molecule has 1 atom stereocenters. The third kappa shape index (κ3) is 2.07. The van der Waals surface area contributed by atoms with Crippen LogP contribution in [0.4, 0.5) is 0 Å². The van der Waals surface area contributed by atoms with Crippen LogP contribution in [-0.4, -0.2) is 42.1 Å². The van der Waals surface area contributed by atoms with Gasteiger partial charge in [0.25, 0.3) is 0 Å². The maximum Gasteiger partial charge on any atom is 0.0757 e. The Balaban J connectivity index is 1.78. The summed E-state index contributed by atoms with van der Waals surface area (Å²) in [5.41, 5.74) is 4.53. The molecule has 2 heterocycles. The number of nitrogens with zero attached hydrogens (tertiary/aromatic N) is 2. The number of likely N-dealkylation sites (N-methyl/N-ethyl adjacent to an activating group) is 1. The third-order valence-electron chi connectivity index (χ3n) is 4.39. The summed E-state index contributed by atoms with van der Waals surface area (Å²) in [6.45, 7) is 11.3. The highest BCUT2D eigenvalue weighted by atomic mass is 15.4. The van der Waals surface area contributed by atoms with E-state index in [-0.39, 0.29) is 0 Å². The first-order valence-corrected chi connectivity index (χ1v) is 7.05. The Morgan fingerprint density at radius 3 is 3.00 bits per heavy atom. The Bertz CT molecular complexity index is 430. The molecule has 0 radical (unpaired) electrons. The minimum absolute atomic E-state index is 0.565. The highest BCUT2D eigenvalue weighted by molar-refractivity contribution is 5.37. The average Bonchev–Trinajstić information content (AvgIpc) is 2.84. The molecule has 3 heteroatoms. The van der Waals surface area contributed by atoms with Crippen molar-refractivity contribution in [3.8, 4) is 0 Å². The van der Waals surface area contributed by atoms with Gasteiger partial charge >= 0.3 is 0 Å². The fourth-order valence-corrected chi connectivity index (χ4v) is 3.29. The molecular weight excluding hydrogens is 222 g/mol. The van der Waals surface area contributed by atoms with E-state index in [4.69, 9.17) is 0 Å². The first-order valence-electron chi connectivity index (χ1n) is 7.05. The molecule has 1 saturated heterocycles. The lowest BCUT2D eigenvalue weighted by atomic mass is 10.1. The predicted octanol–water partition coefficient (Wildman–Crippen LogP) is 1.56. The van der Waals surface area contributed by atoms with Crippen LogP contribution in [-0.2, 0) is 13.1 Å². The molecule has 3 nitrogen and oxygen atoms in total.